The molecule has 0 radical (unpaired) electrons. The molecule has 0 aliphatic carbocycles. The molecule has 3 heterocycles. The number of aromatic nitrogens is 3. The van der Waals surface area contributed by atoms with E-state index in [1.165, 1.54) is 5.69 Å². The maximum atomic E-state index is 12.3. The van der Waals surface area contributed by atoms with E-state index in [9.17, 15) is 4.79 Å². The summed E-state index contributed by atoms with van der Waals surface area (Å²) in [6.45, 7) is 10.2. The van der Waals surface area contributed by atoms with Crippen molar-refractivity contribution < 1.29 is 9.32 Å². The molecule has 7 nitrogen and oxygen atoms in total. The van der Waals surface area contributed by atoms with Crippen LogP contribution in [-0.2, 0) is 17.9 Å². The average molecular weight is 303 g/mol. The van der Waals surface area contributed by atoms with Gasteiger partial charge in [-0.3, -0.25) is 9.69 Å². The van der Waals surface area contributed by atoms with Crippen LogP contribution in [0.4, 0.5) is 5.82 Å². The van der Waals surface area contributed by atoms with Gasteiger partial charge in [-0.2, -0.15) is 0 Å². The van der Waals surface area contributed by atoms with Crippen molar-refractivity contribution in [1.82, 2.24) is 19.6 Å². The highest BCUT2D eigenvalue weighted by Gasteiger charge is 2.27. The lowest BCUT2D eigenvalue weighted by atomic mass is 10.2. The topological polar surface area (TPSA) is 76.2 Å². The van der Waals surface area contributed by atoms with Gasteiger partial charge in [-0.15, -0.1) is 0 Å². The molecule has 7 heteroatoms. The maximum absolute atomic E-state index is 12.3. The Morgan fingerprint density at radius 3 is 2.82 bits per heavy atom. The van der Waals surface area contributed by atoms with Crippen LogP contribution in [0.5, 0.6) is 0 Å². The zero-order valence-corrected chi connectivity index (χ0v) is 13.4. The van der Waals surface area contributed by atoms with E-state index in [0.717, 1.165) is 24.6 Å². The maximum Gasteiger partial charge on any atom is 0.242 e. The first-order valence-electron chi connectivity index (χ1n) is 7.46. The van der Waals surface area contributed by atoms with E-state index in [1.807, 2.05) is 13.8 Å². The lowest BCUT2D eigenvalue weighted by molar-refractivity contribution is -0.121. The number of aryl methyl sites for hydroxylation is 2. The Kier molecular flexibility index (Phi) is 3.74. The van der Waals surface area contributed by atoms with Crippen LogP contribution in [0, 0.1) is 20.8 Å². The van der Waals surface area contributed by atoms with Crippen molar-refractivity contribution in [3.8, 4) is 0 Å². The summed E-state index contributed by atoms with van der Waals surface area (Å²) in [4.78, 5) is 19.1. The van der Waals surface area contributed by atoms with Crippen molar-refractivity contribution in [2.45, 2.75) is 46.8 Å². The number of carbonyl (C=O) groups excluding carboxylic acids is 1. The van der Waals surface area contributed by atoms with Crippen LogP contribution >= 0.6 is 0 Å². The monoisotopic (exact) mass is 303 g/mol. The Bertz CT molecular complexity index is 703. The Hall–Kier alpha value is -2.15. The number of carbonyl (C=O) groups is 1. The average Bonchev–Trinajstić information content (AvgIpc) is 3.02. The zero-order valence-electron chi connectivity index (χ0n) is 13.4. The predicted octanol–water partition coefficient (Wildman–Crippen LogP) is 1.64. The minimum atomic E-state index is -0.247. The van der Waals surface area contributed by atoms with E-state index in [0.29, 0.717) is 18.1 Å². The lowest BCUT2D eigenvalue weighted by Crippen LogP contribution is -2.46. The van der Waals surface area contributed by atoms with Gasteiger partial charge in [0.15, 0.2) is 5.82 Å². The van der Waals surface area contributed by atoms with E-state index in [-0.39, 0.29) is 11.9 Å². The normalized spacial score (nSPS) is 16.4. The quantitative estimate of drug-likeness (QED) is 0.933. The van der Waals surface area contributed by atoms with Gasteiger partial charge in [-0.05, 0) is 27.7 Å². The molecule has 0 spiro atoms. The first-order chi connectivity index (χ1) is 10.5. The minimum Gasteiger partial charge on any atom is -0.360 e. The van der Waals surface area contributed by atoms with Crippen LogP contribution in [0.3, 0.4) is 0 Å². The van der Waals surface area contributed by atoms with Crippen molar-refractivity contribution in [2.75, 3.05) is 11.9 Å². The minimum absolute atomic E-state index is 0.0817. The van der Waals surface area contributed by atoms with Gasteiger partial charge in [0.2, 0.25) is 5.91 Å². The van der Waals surface area contributed by atoms with Gasteiger partial charge in [-0.1, -0.05) is 5.16 Å². The second-order valence-corrected chi connectivity index (χ2v) is 5.81. The summed E-state index contributed by atoms with van der Waals surface area (Å²) in [5, 5.41) is 6.58. The smallest absolute Gasteiger partial charge is 0.242 e. The van der Waals surface area contributed by atoms with Crippen LogP contribution in [-0.4, -0.2) is 38.1 Å². The summed E-state index contributed by atoms with van der Waals surface area (Å²) in [7, 11) is 0. The van der Waals surface area contributed by atoms with E-state index in [4.69, 9.17) is 4.52 Å². The third kappa shape index (κ3) is 2.64. The van der Waals surface area contributed by atoms with Crippen LogP contribution in [0.2, 0.25) is 0 Å². The molecule has 1 aliphatic rings. The second kappa shape index (κ2) is 5.57. The number of nitrogens with zero attached hydrogens (tertiary/aromatic N) is 4. The summed E-state index contributed by atoms with van der Waals surface area (Å²) >= 11 is 0. The fraction of sp³-hybridized carbons (Fsp3) is 0.533. The molecule has 118 valence electrons. The molecule has 0 fully saturated rings. The van der Waals surface area contributed by atoms with Crippen LogP contribution in [0.15, 0.2) is 10.6 Å². The molecule has 2 aromatic rings. The summed E-state index contributed by atoms with van der Waals surface area (Å²) in [5.74, 6) is 2.08. The SMILES string of the molecule is Cc1cc(NC(=O)[C@H](C)N2CCn3c(nc(C)c3C)C2)no1. The molecule has 0 unspecified atom stereocenters. The molecule has 1 amide bonds. The molecule has 1 aliphatic heterocycles. The van der Waals surface area contributed by atoms with Gasteiger partial charge >= 0.3 is 0 Å². The molecule has 3 rings (SSSR count). The molecule has 1 atom stereocenters. The Balaban J connectivity index is 1.68. The number of hydrogen-bond acceptors (Lipinski definition) is 5. The molecule has 2 aromatic heterocycles. The summed E-state index contributed by atoms with van der Waals surface area (Å²) in [6.07, 6.45) is 0. The van der Waals surface area contributed by atoms with Crippen molar-refractivity contribution in [2.24, 2.45) is 0 Å². The van der Waals surface area contributed by atoms with Crippen LogP contribution in [0.25, 0.3) is 0 Å². The van der Waals surface area contributed by atoms with Crippen molar-refractivity contribution in [1.29, 1.82) is 0 Å². The van der Waals surface area contributed by atoms with Crippen molar-refractivity contribution in [3.05, 3.63) is 29.0 Å². The van der Waals surface area contributed by atoms with Crippen molar-refractivity contribution >= 4 is 11.7 Å². The predicted molar refractivity (Wildman–Crippen MR) is 81.4 cm³/mol. The van der Waals surface area contributed by atoms with Gasteiger partial charge in [0.25, 0.3) is 0 Å². The molecule has 0 saturated carbocycles. The molecule has 22 heavy (non-hydrogen) atoms. The Morgan fingerprint density at radius 2 is 2.14 bits per heavy atom. The first-order valence-corrected chi connectivity index (χ1v) is 7.46. The number of fused-ring (bicyclic) bond motifs is 1. The van der Waals surface area contributed by atoms with Gasteiger partial charge < -0.3 is 14.4 Å². The molecule has 0 bridgehead atoms. The summed E-state index contributed by atoms with van der Waals surface area (Å²) in [5.41, 5.74) is 2.27. The lowest BCUT2D eigenvalue weighted by Gasteiger charge is -2.32. The molecular weight excluding hydrogens is 282 g/mol. The number of hydrogen-bond donors (Lipinski definition) is 1. The Morgan fingerprint density at radius 1 is 1.36 bits per heavy atom. The van der Waals surface area contributed by atoms with E-state index < -0.39 is 0 Å². The Labute approximate surface area is 129 Å². The van der Waals surface area contributed by atoms with Gasteiger partial charge in [0, 0.05) is 24.8 Å². The molecule has 0 saturated heterocycles. The van der Waals surface area contributed by atoms with E-state index in [1.54, 1.807) is 13.0 Å². The fourth-order valence-electron chi connectivity index (χ4n) is 2.78. The number of nitrogens with one attached hydrogen (secondary N) is 1. The summed E-state index contributed by atoms with van der Waals surface area (Å²) in [6, 6.07) is 1.46. The van der Waals surface area contributed by atoms with Gasteiger partial charge in [-0.25, -0.2) is 4.98 Å². The number of imidazole rings is 1. The summed E-state index contributed by atoms with van der Waals surface area (Å²) < 4.78 is 7.19. The van der Waals surface area contributed by atoms with Gasteiger partial charge in [0.05, 0.1) is 18.3 Å². The first kappa shape index (κ1) is 14.8. The second-order valence-electron chi connectivity index (χ2n) is 5.81. The highest BCUT2D eigenvalue weighted by Crippen LogP contribution is 2.19. The standard InChI is InChI=1S/C15H21N5O2/c1-9-7-13(18-22-9)17-15(21)12(4)19-5-6-20-11(3)10(2)16-14(20)8-19/h7,12H,5-6,8H2,1-4H3,(H,17,18,21)/t12-/m0/s1. The number of rotatable bonds is 3. The van der Waals surface area contributed by atoms with Crippen LogP contribution in [0.1, 0.15) is 29.9 Å². The molecule has 1 N–H and O–H groups in total. The third-order valence-electron chi connectivity index (χ3n) is 4.30. The molecular formula is C15H21N5O2. The zero-order chi connectivity index (χ0) is 15.9. The van der Waals surface area contributed by atoms with Gasteiger partial charge in [0.1, 0.15) is 11.6 Å². The molecule has 0 aromatic carbocycles. The number of anilines is 1. The van der Waals surface area contributed by atoms with Crippen molar-refractivity contribution in [3.63, 3.8) is 0 Å². The highest BCUT2D eigenvalue weighted by molar-refractivity contribution is 5.93. The largest absolute Gasteiger partial charge is 0.360 e. The fourth-order valence-corrected chi connectivity index (χ4v) is 2.78. The van der Waals surface area contributed by atoms with E-state index >= 15 is 0 Å². The third-order valence-corrected chi connectivity index (χ3v) is 4.30. The van der Waals surface area contributed by atoms with E-state index in [2.05, 4.69) is 31.8 Å². The highest BCUT2D eigenvalue weighted by atomic mass is 16.5. The van der Waals surface area contributed by atoms with Crippen LogP contribution < -0.4 is 5.32 Å². The number of amides is 1.